The van der Waals surface area contributed by atoms with E-state index in [0.717, 1.165) is 6.92 Å². The lowest BCUT2D eigenvalue weighted by atomic mass is 10.1. The normalized spacial score (nSPS) is 15.1. The second kappa shape index (κ2) is 6.65. The third kappa shape index (κ3) is 9.32. The number of aliphatic hydroxyl groups is 4. The summed E-state index contributed by atoms with van der Waals surface area (Å²) < 4.78 is 0. The third-order valence-electron chi connectivity index (χ3n) is 1.07. The van der Waals surface area contributed by atoms with E-state index in [1.165, 1.54) is 0 Å². The second-order valence-corrected chi connectivity index (χ2v) is 2.55. The zero-order valence-corrected chi connectivity index (χ0v) is 7.66. The highest BCUT2D eigenvalue weighted by molar-refractivity contribution is 5.62. The molecule has 2 unspecified atom stereocenters. The lowest BCUT2D eigenvalue weighted by Gasteiger charge is -2.24. The molecule has 9 N–H and O–H groups in total. The van der Waals surface area contributed by atoms with Crippen LogP contribution in [0.15, 0.2) is 0 Å². The first-order valence-electron chi connectivity index (χ1n) is 3.63. The number of aliphatic carboxylic acids is 1. The van der Waals surface area contributed by atoms with Gasteiger partial charge in [0.25, 0.3) is 5.97 Å². The summed E-state index contributed by atoms with van der Waals surface area (Å²) in [4.78, 5) is 9.00. The maximum atomic E-state index is 9.00. The topological polar surface area (TPSA) is 170 Å². The average Bonchev–Trinajstić information content (AvgIpc) is 1.99. The van der Waals surface area contributed by atoms with Crippen LogP contribution in [-0.2, 0) is 4.79 Å². The fourth-order valence-electron chi connectivity index (χ4n) is 0.416. The smallest absolute Gasteiger partial charge is 0.304 e. The average molecular weight is 212 g/mol. The Morgan fingerprint density at radius 1 is 1.43 bits per heavy atom. The van der Waals surface area contributed by atoms with Crippen molar-refractivity contribution in [3.63, 3.8) is 0 Å². The molecule has 0 radical (unpaired) electrons. The molecule has 0 fully saturated rings. The molecular formula is C6H16N2O6. The number of carboxylic acid groups (broad SMARTS) is 1. The molecule has 0 rings (SSSR count). The van der Waals surface area contributed by atoms with E-state index in [9.17, 15) is 0 Å². The number of carboxylic acids is 1. The molecule has 8 heteroatoms. The van der Waals surface area contributed by atoms with Crippen LogP contribution in [0.3, 0.4) is 0 Å². The molecule has 0 heterocycles. The van der Waals surface area contributed by atoms with Crippen molar-refractivity contribution in [2.75, 3.05) is 6.54 Å². The summed E-state index contributed by atoms with van der Waals surface area (Å²) >= 11 is 0. The van der Waals surface area contributed by atoms with Gasteiger partial charge < -0.3 is 37.0 Å². The molecule has 0 aromatic heterocycles. The van der Waals surface area contributed by atoms with Crippen molar-refractivity contribution < 1.29 is 30.3 Å². The van der Waals surface area contributed by atoms with Crippen LogP contribution in [0.4, 0.5) is 0 Å². The maximum Gasteiger partial charge on any atom is 0.304 e. The Balaban J connectivity index is 0. The minimum Gasteiger partial charge on any atom is -0.481 e. The first kappa shape index (κ1) is 15.7. The number of hydrogen-bond acceptors (Lipinski definition) is 7. The Labute approximate surface area is 80.4 Å². The number of nitrogens with two attached hydrogens (primary N) is 2. The molecule has 0 aliphatic rings. The van der Waals surface area contributed by atoms with Crippen molar-refractivity contribution in [1.29, 1.82) is 0 Å². The molecule has 8 nitrogen and oxygen atoms in total. The molecule has 0 aromatic rings. The molecule has 0 aromatic carbocycles. The van der Waals surface area contributed by atoms with E-state index in [1.807, 2.05) is 0 Å². The summed E-state index contributed by atoms with van der Waals surface area (Å²) in [5.41, 5.74) is 10.00. The number of carbonyl (C=O) groups is 1. The van der Waals surface area contributed by atoms with Crippen LogP contribution >= 0.6 is 0 Å². The predicted molar refractivity (Wildman–Crippen MR) is 45.7 cm³/mol. The molecule has 0 saturated carbocycles. The van der Waals surface area contributed by atoms with Crippen molar-refractivity contribution in [2.24, 2.45) is 11.5 Å². The second-order valence-electron chi connectivity index (χ2n) is 2.55. The fraction of sp³-hybridized carbons (Fsp3) is 0.833. The van der Waals surface area contributed by atoms with Crippen LogP contribution in [0, 0.1) is 0 Å². The Morgan fingerprint density at radius 2 is 1.71 bits per heavy atom. The molecule has 0 aliphatic heterocycles. The van der Waals surface area contributed by atoms with E-state index in [4.69, 9.17) is 41.8 Å². The highest BCUT2D eigenvalue weighted by Gasteiger charge is 2.34. The first-order chi connectivity index (χ1) is 6.12. The van der Waals surface area contributed by atoms with Crippen molar-refractivity contribution in [3.8, 4) is 0 Å². The predicted octanol–water partition coefficient (Wildman–Crippen LogP) is -3.65. The van der Waals surface area contributed by atoms with E-state index in [0.29, 0.717) is 0 Å². The monoisotopic (exact) mass is 212 g/mol. The lowest BCUT2D eigenvalue weighted by Crippen LogP contribution is -2.55. The Hall–Kier alpha value is -0.770. The zero-order chi connectivity index (χ0) is 11.9. The van der Waals surface area contributed by atoms with Gasteiger partial charge in [0.2, 0.25) is 0 Å². The summed E-state index contributed by atoms with van der Waals surface area (Å²) in [6, 6.07) is -1.06. The van der Waals surface area contributed by atoms with Gasteiger partial charge in [-0.15, -0.1) is 0 Å². The largest absolute Gasteiger partial charge is 0.481 e. The Bertz CT molecular complexity index is 164. The Morgan fingerprint density at radius 3 is 1.79 bits per heavy atom. The first-order valence-corrected chi connectivity index (χ1v) is 3.63. The number of hydrogen-bond donors (Lipinski definition) is 7. The molecule has 0 spiro atoms. The van der Waals surface area contributed by atoms with Crippen molar-refractivity contribution in [1.82, 2.24) is 0 Å². The van der Waals surface area contributed by atoms with Crippen molar-refractivity contribution >= 4 is 5.97 Å². The number of rotatable bonds is 3. The van der Waals surface area contributed by atoms with Crippen LogP contribution in [0.5, 0.6) is 0 Å². The van der Waals surface area contributed by atoms with E-state index >= 15 is 0 Å². The van der Waals surface area contributed by atoms with E-state index in [2.05, 4.69) is 0 Å². The number of aliphatic hydroxyl groups excluding tert-OH is 1. The third-order valence-corrected chi connectivity index (χ3v) is 1.07. The molecule has 2 atom stereocenters. The lowest BCUT2D eigenvalue weighted by molar-refractivity contribution is -0.357. The molecule has 14 heavy (non-hydrogen) atoms. The molecule has 0 bridgehead atoms. The summed E-state index contributed by atoms with van der Waals surface area (Å²) in [7, 11) is 0. The van der Waals surface area contributed by atoms with E-state index in [-0.39, 0.29) is 6.54 Å². The molecule has 0 aliphatic carbocycles. The van der Waals surface area contributed by atoms with Crippen LogP contribution < -0.4 is 11.5 Å². The molecule has 0 amide bonds. The quantitative estimate of drug-likeness (QED) is 0.235. The minimum absolute atomic E-state index is 0.148. The molecule has 86 valence electrons. The van der Waals surface area contributed by atoms with Gasteiger partial charge in [0.15, 0.2) is 6.10 Å². The summed E-state index contributed by atoms with van der Waals surface area (Å²) in [6.45, 7) is 0.935. The van der Waals surface area contributed by atoms with Gasteiger partial charge in [-0.05, 0) is 0 Å². The maximum absolute atomic E-state index is 9.00. The molecular weight excluding hydrogens is 196 g/mol. The van der Waals surface area contributed by atoms with Crippen molar-refractivity contribution in [2.45, 2.75) is 25.0 Å². The summed E-state index contributed by atoms with van der Waals surface area (Å²) in [5.74, 6) is -4.00. The van der Waals surface area contributed by atoms with Gasteiger partial charge >= 0.3 is 5.97 Å². The molecule has 0 saturated heterocycles. The fourth-order valence-corrected chi connectivity index (χ4v) is 0.416. The van der Waals surface area contributed by atoms with E-state index < -0.39 is 24.1 Å². The highest BCUT2D eigenvalue weighted by Crippen LogP contribution is 2.03. The Kier molecular flexibility index (Phi) is 7.45. The van der Waals surface area contributed by atoms with Gasteiger partial charge in [0.05, 0.1) is 6.04 Å². The van der Waals surface area contributed by atoms with Gasteiger partial charge in [-0.3, -0.25) is 4.79 Å². The van der Waals surface area contributed by atoms with Gasteiger partial charge in [-0.25, -0.2) is 0 Å². The van der Waals surface area contributed by atoms with Crippen molar-refractivity contribution in [3.05, 3.63) is 0 Å². The minimum atomic E-state index is -3.17. The van der Waals surface area contributed by atoms with Gasteiger partial charge in [-0.1, -0.05) is 0 Å². The van der Waals surface area contributed by atoms with Gasteiger partial charge in [0, 0.05) is 13.5 Å². The van der Waals surface area contributed by atoms with Gasteiger partial charge in [-0.2, -0.15) is 0 Å². The van der Waals surface area contributed by atoms with Crippen LogP contribution in [-0.4, -0.2) is 56.2 Å². The van der Waals surface area contributed by atoms with E-state index in [1.54, 1.807) is 0 Å². The van der Waals surface area contributed by atoms with Crippen LogP contribution in [0.25, 0.3) is 0 Å². The van der Waals surface area contributed by atoms with Gasteiger partial charge in [0.1, 0.15) is 0 Å². The zero-order valence-electron chi connectivity index (χ0n) is 7.66. The van der Waals surface area contributed by atoms with Crippen LogP contribution in [0.2, 0.25) is 0 Å². The summed E-state index contributed by atoms with van der Waals surface area (Å²) in [6.07, 6.45) is -1.85. The standard InChI is InChI=1S/C4H12N2O4.C2H4O2/c5-1-2(6)3(7)4(8,9)10;1-2(3)4/h2-3,7-10H,1,5-6H2;1H3,(H,3,4). The van der Waals surface area contributed by atoms with Crippen LogP contribution in [0.1, 0.15) is 6.92 Å². The SMILES string of the molecule is CC(=O)O.NCC(N)C(O)C(O)(O)O. The highest BCUT2D eigenvalue weighted by atomic mass is 16.7. The summed E-state index contributed by atoms with van der Waals surface area (Å²) in [5, 5.41) is 41.1.